The number of esters is 1. The van der Waals surface area contributed by atoms with Gasteiger partial charge in [-0.1, -0.05) is 38.1 Å². The highest BCUT2D eigenvalue weighted by Gasteiger charge is 2.23. The summed E-state index contributed by atoms with van der Waals surface area (Å²) in [6.45, 7) is 3.60. The summed E-state index contributed by atoms with van der Waals surface area (Å²) in [7, 11) is 2.85. The van der Waals surface area contributed by atoms with E-state index in [9.17, 15) is 24.3 Å². The molecule has 0 aliphatic carbocycles. The number of carbonyl (C=O) groups excluding carboxylic acids is 4. The second-order valence-corrected chi connectivity index (χ2v) is 8.80. The largest absolute Gasteiger partial charge is 0.504 e. The molecule has 0 aromatic heterocycles. The predicted octanol–water partition coefficient (Wildman–Crippen LogP) is 4.58. The number of phenols is 1. The molecule has 0 fully saturated rings. The molecule has 2 aromatic carbocycles. The molecule has 0 heterocycles. The number of hydrogen-bond acceptors (Lipinski definition) is 8. The zero-order valence-electron chi connectivity index (χ0n) is 20.8. The van der Waals surface area contributed by atoms with Crippen LogP contribution in [0.4, 0.5) is 0 Å². The van der Waals surface area contributed by atoms with E-state index in [1.54, 1.807) is 44.2 Å². The van der Waals surface area contributed by atoms with Crippen LogP contribution in [0.15, 0.2) is 48.6 Å². The number of aromatic hydroxyl groups is 1. The van der Waals surface area contributed by atoms with Gasteiger partial charge in [-0.25, -0.2) is 0 Å². The summed E-state index contributed by atoms with van der Waals surface area (Å²) in [5.41, 5.74) is 0.736. The minimum absolute atomic E-state index is 0.0114. The molecule has 2 aromatic rings. The third kappa shape index (κ3) is 8.87. The normalized spacial score (nSPS) is 11.4. The number of phenolic OH excluding ortho intramolecular Hbond substituents is 1. The predicted molar refractivity (Wildman–Crippen MR) is 135 cm³/mol. The summed E-state index contributed by atoms with van der Waals surface area (Å²) in [6, 6.07) is 9.43. The van der Waals surface area contributed by atoms with Crippen LogP contribution in [0, 0.1) is 5.41 Å². The van der Waals surface area contributed by atoms with Crippen LogP contribution >= 0.6 is 0 Å². The number of carbonyl (C=O) groups is 4. The zero-order valence-corrected chi connectivity index (χ0v) is 20.8. The number of allylic oxidation sites excluding steroid dienone is 2. The topological polar surface area (TPSA) is 116 Å². The minimum Gasteiger partial charge on any atom is -0.504 e. The second-order valence-electron chi connectivity index (χ2n) is 8.80. The van der Waals surface area contributed by atoms with Crippen LogP contribution in [0.1, 0.15) is 44.2 Å². The van der Waals surface area contributed by atoms with E-state index in [-0.39, 0.29) is 48.1 Å². The summed E-state index contributed by atoms with van der Waals surface area (Å²) < 4.78 is 15.7. The molecule has 0 radical (unpaired) electrons. The van der Waals surface area contributed by atoms with Gasteiger partial charge in [0.2, 0.25) is 0 Å². The molecule has 0 bridgehead atoms. The number of hydrogen-bond donors (Lipinski definition) is 1. The Morgan fingerprint density at radius 2 is 1.42 bits per heavy atom. The third-order valence-electron chi connectivity index (χ3n) is 5.15. The highest BCUT2D eigenvalue weighted by molar-refractivity contribution is 6.10. The Morgan fingerprint density at radius 1 is 0.861 bits per heavy atom. The summed E-state index contributed by atoms with van der Waals surface area (Å²) in [5.74, 6) is -0.470. The van der Waals surface area contributed by atoms with Gasteiger partial charge < -0.3 is 24.1 Å². The molecule has 0 aliphatic rings. The van der Waals surface area contributed by atoms with Crippen molar-refractivity contribution in [3.8, 4) is 23.0 Å². The summed E-state index contributed by atoms with van der Waals surface area (Å²) in [6.07, 6.45) is 6.41. The highest BCUT2D eigenvalue weighted by atomic mass is 16.6. The molecule has 0 saturated carbocycles. The van der Waals surface area contributed by atoms with Gasteiger partial charge in [0.1, 0.15) is 6.29 Å². The lowest BCUT2D eigenvalue weighted by Gasteiger charge is -2.20. The van der Waals surface area contributed by atoms with Crippen molar-refractivity contribution in [3.05, 3.63) is 59.7 Å². The van der Waals surface area contributed by atoms with Gasteiger partial charge in [0.15, 0.2) is 34.6 Å². The van der Waals surface area contributed by atoms with Crippen molar-refractivity contribution in [3.63, 3.8) is 0 Å². The molecule has 0 unspecified atom stereocenters. The van der Waals surface area contributed by atoms with Crippen LogP contribution in [0.25, 0.3) is 12.2 Å². The van der Waals surface area contributed by atoms with E-state index >= 15 is 0 Å². The standard InChI is InChI=1S/C28H30O8/c1-28(2,13-14-29)18-27(33)36-24-12-8-20(16-26(24)35-4)6-10-22(31)17-21(30)9-5-19-7-11-23(32)25(15-19)34-3/h5-12,14-16,32H,13,17-18H2,1-4H3/b9-5+,10-6+. The van der Waals surface area contributed by atoms with E-state index in [1.165, 1.54) is 44.6 Å². The van der Waals surface area contributed by atoms with Gasteiger partial charge in [-0.3, -0.25) is 14.4 Å². The molecular formula is C28H30O8. The Morgan fingerprint density at radius 3 is 1.97 bits per heavy atom. The van der Waals surface area contributed by atoms with Crippen LogP contribution in [0.2, 0.25) is 0 Å². The molecule has 190 valence electrons. The van der Waals surface area contributed by atoms with Crippen molar-refractivity contribution in [2.24, 2.45) is 5.41 Å². The molecule has 0 amide bonds. The van der Waals surface area contributed by atoms with E-state index < -0.39 is 11.4 Å². The fourth-order valence-corrected chi connectivity index (χ4v) is 3.19. The molecule has 0 aliphatic heterocycles. The fraction of sp³-hybridized carbons (Fsp3) is 0.286. The molecule has 2 rings (SSSR count). The van der Waals surface area contributed by atoms with Gasteiger partial charge in [-0.05, 0) is 53.0 Å². The highest BCUT2D eigenvalue weighted by Crippen LogP contribution is 2.31. The lowest BCUT2D eigenvalue weighted by atomic mass is 9.86. The van der Waals surface area contributed by atoms with E-state index in [0.29, 0.717) is 16.9 Å². The second kappa shape index (κ2) is 13.0. The van der Waals surface area contributed by atoms with Gasteiger partial charge >= 0.3 is 5.97 Å². The average molecular weight is 495 g/mol. The Hall–Kier alpha value is -4.20. The van der Waals surface area contributed by atoms with Gasteiger partial charge in [0.25, 0.3) is 0 Å². The minimum atomic E-state index is -0.515. The van der Waals surface area contributed by atoms with E-state index in [4.69, 9.17) is 14.2 Å². The fourth-order valence-electron chi connectivity index (χ4n) is 3.19. The van der Waals surface area contributed by atoms with Crippen molar-refractivity contribution < 1.29 is 38.5 Å². The monoisotopic (exact) mass is 494 g/mol. The lowest BCUT2D eigenvalue weighted by molar-refractivity contribution is -0.137. The first-order valence-corrected chi connectivity index (χ1v) is 11.2. The maximum absolute atomic E-state index is 12.3. The Labute approximate surface area is 210 Å². The Bertz CT molecular complexity index is 1170. The van der Waals surface area contributed by atoms with Crippen LogP contribution in [0.5, 0.6) is 23.0 Å². The number of benzene rings is 2. The zero-order chi connectivity index (χ0) is 26.7. The van der Waals surface area contributed by atoms with Gasteiger partial charge in [-0.2, -0.15) is 0 Å². The maximum Gasteiger partial charge on any atom is 0.311 e. The smallest absolute Gasteiger partial charge is 0.311 e. The number of ketones is 2. The molecule has 8 heteroatoms. The summed E-state index contributed by atoms with van der Waals surface area (Å²) >= 11 is 0. The first-order chi connectivity index (χ1) is 17.1. The van der Waals surface area contributed by atoms with Crippen molar-refractivity contribution >= 4 is 36.0 Å². The molecule has 0 atom stereocenters. The number of rotatable bonds is 13. The van der Waals surface area contributed by atoms with E-state index in [0.717, 1.165) is 6.29 Å². The Kier molecular flexibility index (Phi) is 10.2. The molecule has 0 spiro atoms. The number of methoxy groups -OCH3 is 2. The maximum atomic E-state index is 12.3. The summed E-state index contributed by atoms with van der Waals surface area (Å²) in [4.78, 5) is 47.4. The molecule has 8 nitrogen and oxygen atoms in total. The van der Waals surface area contributed by atoms with Crippen molar-refractivity contribution in [1.82, 2.24) is 0 Å². The molecule has 1 N–H and O–H groups in total. The first kappa shape index (κ1) is 28.0. The molecule has 0 saturated heterocycles. The SMILES string of the molecule is COc1cc(/C=C/C(=O)CC(=O)/C=C/c2ccc(OC(=O)CC(C)(C)CC=O)c(OC)c2)ccc1O. The van der Waals surface area contributed by atoms with Crippen LogP contribution in [-0.4, -0.2) is 43.1 Å². The molecular weight excluding hydrogens is 464 g/mol. The number of ether oxygens (including phenoxy) is 3. The number of aldehydes is 1. The van der Waals surface area contributed by atoms with Gasteiger partial charge in [-0.15, -0.1) is 0 Å². The lowest BCUT2D eigenvalue weighted by Crippen LogP contribution is -2.21. The van der Waals surface area contributed by atoms with E-state index in [2.05, 4.69) is 0 Å². The van der Waals surface area contributed by atoms with E-state index in [1.807, 2.05) is 0 Å². The Balaban J connectivity index is 1.98. The average Bonchev–Trinajstić information content (AvgIpc) is 2.82. The van der Waals surface area contributed by atoms with Crippen LogP contribution < -0.4 is 14.2 Å². The quantitative estimate of drug-likeness (QED) is 0.141. The van der Waals surface area contributed by atoms with Crippen molar-refractivity contribution in [2.45, 2.75) is 33.1 Å². The van der Waals surface area contributed by atoms with Crippen molar-refractivity contribution in [2.75, 3.05) is 14.2 Å². The molecule has 36 heavy (non-hydrogen) atoms. The third-order valence-corrected chi connectivity index (χ3v) is 5.15. The van der Waals surface area contributed by atoms with Crippen molar-refractivity contribution in [1.29, 1.82) is 0 Å². The van der Waals surface area contributed by atoms with Gasteiger partial charge in [0.05, 0.1) is 27.1 Å². The first-order valence-electron chi connectivity index (χ1n) is 11.2. The van der Waals surface area contributed by atoms with Gasteiger partial charge in [0, 0.05) is 6.42 Å². The van der Waals surface area contributed by atoms with Crippen LogP contribution in [0.3, 0.4) is 0 Å². The van der Waals surface area contributed by atoms with Crippen LogP contribution in [-0.2, 0) is 19.2 Å². The summed E-state index contributed by atoms with van der Waals surface area (Å²) in [5, 5.41) is 9.62.